The van der Waals surface area contributed by atoms with Gasteiger partial charge in [-0.1, -0.05) is 39.0 Å². The number of ether oxygens (including phenoxy) is 1. The highest BCUT2D eigenvalue weighted by atomic mass is 16.5. The number of hydrogen-bond acceptors (Lipinski definition) is 2. The van der Waals surface area contributed by atoms with E-state index in [9.17, 15) is 0 Å². The largest absolute Gasteiger partial charge is 0.377 e. The van der Waals surface area contributed by atoms with Crippen LogP contribution >= 0.6 is 0 Å². The van der Waals surface area contributed by atoms with Gasteiger partial charge in [-0.25, -0.2) is 0 Å². The molecule has 0 atom stereocenters. The Labute approximate surface area is 99.8 Å². The van der Waals surface area contributed by atoms with Gasteiger partial charge in [0.1, 0.15) is 0 Å². The molecule has 2 nitrogen and oxygen atoms in total. The van der Waals surface area contributed by atoms with Gasteiger partial charge in [0.15, 0.2) is 0 Å². The van der Waals surface area contributed by atoms with Crippen molar-refractivity contribution in [1.29, 1.82) is 0 Å². The van der Waals surface area contributed by atoms with E-state index < -0.39 is 0 Å². The van der Waals surface area contributed by atoms with Gasteiger partial charge in [0.2, 0.25) is 0 Å². The van der Waals surface area contributed by atoms with Crippen LogP contribution in [0.2, 0.25) is 0 Å². The Bertz CT molecular complexity index is 253. The standard InChI is InChI=1S/C14H25NO/c1-4-15-12-13-6-5-10-16-11-9-14(2,3)8-7-13/h5-7,15H,4,8-12H2,1-3H3/b6-5-,13-7+. The Morgan fingerprint density at radius 1 is 1.44 bits per heavy atom. The zero-order valence-electron chi connectivity index (χ0n) is 10.9. The molecule has 0 aromatic heterocycles. The Kier molecular flexibility index (Phi) is 5.78. The zero-order chi connectivity index (χ0) is 11.9. The highest BCUT2D eigenvalue weighted by molar-refractivity contribution is 5.21. The molecule has 1 rings (SSSR count). The molecule has 0 radical (unpaired) electrons. The predicted molar refractivity (Wildman–Crippen MR) is 69.6 cm³/mol. The first kappa shape index (κ1) is 13.5. The van der Waals surface area contributed by atoms with Crippen molar-refractivity contribution in [1.82, 2.24) is 5.32 Å². The summed E-state index contributed by atoms with van der Waals surface area (Å²) >= 11 is 0. The molecule has 92 valence electrons. The molecule has 0 amide bonds. The van der Waals surface area contributed by atoms with Crippen molar-refractivity contribution in [3.63, 3.8) is 0 Å². The Balaban J connectivity index is 2.62. The topological polar surface area (TPSA) is 21.3 Å². The minimum Gasteiger partial charge on any atom is -0.377 e. The molecule has 0 aliphatic carbocycles. The minimum absolute atomic E-state index is 0.350. The summed E-state index contributed by atoms with van der Waals surface area (Å²) in [5.74, 6) is 0. The molecule has 0 spiro atoms. The fourth-order valence-electron chi connectivity index (χ4n) is 1.68. The van der Waals surface area contributed by atoms with Crippen LogP contribution in [0.3, 0.4) is 0 Å². The van der Waals surface area contributed by atoms with Crippen LogP contribution in [-0.4, -0.2) is 26.3 Å². The number of nitrogens with one attached hydrogen (secondary N) is 1. The number of hydrogen-bond donors (Lipinski definition) is 1. The smallest absolute Gasteiger partial charge is 0.0650 e. The average Bonchev–Trinajstić information content (AvgIpc) is 2.25. The van der Waals surface area contributed by atoms with Gasteiger partial charge in [-0.2, -0.15) is 0 Å². The zero-order valence-corrected chi connectivity index (χ0v) is 10.9. The molecule has 0 fully saturated rings. The summed E-state index contributed by atoms with van der Waals surface area (Å²) in [7, 11) is 0. The minimum atomic E-state index is 0.350. The molecule has 2 heteroatoms. The summed E-state index contributed by atoms with van der Waals surface area (Å²) in [5.41, 5.74) is 1.73. The van der Waals surface area contributed by atoms with Crippen molar-refractivity contribution in [2.45, 2.75) is 33.6 Å². The maximum Gasteiger partial charge on any atom is 0.0650 e. The molecular formula is C14H25NO. The van der Waals surface area contributed by atoms with E-state index in [1.807, 2.05) is 0 Å². The SMILES string of the molecule is CCNCC1=C/CC(C)(C)CCOC/C=C\1. The molecule has 1 aliphatic rings. The van der Waals surface area contributed by atoms with Crippen LogP contribution in [0.4, 0.5) is 0 Å². The van der Waals surface area contributed by atoms with Crippen LogP contribution < -0.4 is 5.32 Å². The third-order valence-corrected chi connectivity index (χ3v) is 2.97. The van der Waals surface area contributed by atoms with Gasteiger partial charge in [-0.15, -0.1) is 0 Å². The van der Waals surface area contributed by atoms with Crippen LogP contribution in [0, 0.1) is 5.41 Å². The second-order valence-corrected chi connectivity index (χ2v) is 5.15. The van der Waals surface area contributed by atoms with Gasteiger partial charge in [-0.05, 0) is 30.4 Å². The van der Waals surface area contributed by atoms with Gasteiger partial charge >= 0.3 is 0 Å². The molecule has 0 saturated heterocycles. The van der Waals surface area contributed by atoms with E-state index >= 15 is 0 Å². The van der Waals surface area contributed by atoms with E-state index in [-0.39, 0.29) is 0 Å². The summed E-state index contributed by atoms with van der Waals surface area (Å²) in [5, 5.41) is 3.37. The van der Waals surface area contributed by atoms with E-state index in [0.29, 0.717) is 5.41 Å². The van der Waals surface area contributed by atoms with Crippen molar-refractivity contribution in [2.24, 2.45) is 5.41 Å². The normalized spacial score (nSPS) is 26.8. The molecule has 1 aliphatic heterocycles. The first-order valence-electron chi connectivity index (χ1n) is 6.28. The van der Waals surface area contributed by atoms with Crippen LogP contribution in [0.5, 0.6) is 0 Å². The van der Waals surface area contributed by atoms with Crippen molar-refractivity contribution < 1.29 is 4.74 Å². The summed E-state index contributed by atoms with van der Waals surface area (Å²) in [6.45, 7) is 10.3. The van der Waals surface area contributed by atoms with Crippen LogP contribution in [0.25, 0.3) is 0 Å². The molecule has 1 N–H and O–H groups in total. The first-order chi connectivity index (χ1) is 7.64. The second kappa shape index (κ2) is 6.87. The predicted octanol–water partition coefficient (Wildman–Crippen LogP) is 2.92. The second-order valence-electron chi connectivity index (χ2n) is 5.15. The Morgan fingerprint density at radius 3 is 3.00 bits per heavy atom. The third-order valence-electron chi connectivity index (χ3n) is 2.97. The monoisotopic (exact) mass is 223 g/mol. The van der Waals surface area contributed by atoms with Gasteiger partial charge < -0.3 is 10.1 Å². The fourth-order valence-corrected chi connectivity index (χ4v) is 1.68. The van der Waals surface area contributed by atoms with E-state index in [0.717, 1.165) is 39.1 Å². The Hall–Kier alpha value is -0.600. The lowest BCUT2D eigenvalue weighted by Crippen LogP contribution is -2.18. The summed E-state index contributed by atoms with van der Waals surface area (Å²) in [6.07, 6.45) is 8.92. The average molecular weight is 223 g/mol. The maximum atomic E-state index is 5.56. The van der Waals surface area contributed by atoms with Crippen LogP contribution in [0.1, 0.15) is 33.6 Å². The molecule has 0 aromatic carbocycles. The maximum absolute atomic E-state index is 5.56. The van der Waals surface area contributed by atoms with Gasteiger partial charge in [0.25, 0.3) is 0 Å². The van der Waals surface area contributed by atoms with Gasteiger partial charge in [0.05, 0.1) is 6.61 Å². The molecule has 0 saturated carbocycles. The Morgan fingerprint density at radius 2 is 2.25 bits per heavy atom. The number of likely N-dealkylation sites (N-methyl/N-ethyl adjacent to an activating group) is 1. The van der Waals surface area contributed by atoms with E-state index in [1.165, 1.54) is 5.57 Å². The molecule has 0 bridgehead atoms. The molecule has 0 aromatic rings. The summed E-state index contributed by atoms with van der Waals surface area (Å²) in [4.78, 5) is 0. The van der Waals surface area contributed by atoms with Crippen molar-refractivity contribution in [2.75, 3.05) is 26.3 Å². The lowest BCUT2D eigenvalue weighted by Gasteiger charge is -2.23. The number of allylic oxidation sites excluding steroid dienone is 1. The van der Waals surface area contributed by atoms with E-state index in [1.54, 1.807) is 0 Å². The highest BCUT2D eigenvalue weighted by Crippen LogP contribution is 2.26. The van der Waals surface area contributed by atoms with Crippen LogP contribution in [-0.2, 0) is 4.74 Å². The van der Waals surface area contributed by atoms with E-state index in [4.69, 9.17) is 4.74 Å². The molecule has 16 heavy (non-hydrogen) atoms. The summed E-state index contributed by atoms with van der Waals surface area (Å²) in [6, 6.07) is 0. The molecule has 1 heterocycles. The quantitative estimate of drug-likeness (QED) is 0.794. The third kappa shape index (κ3) is 5.47. The van der Waals surface area contributed by atoms with Crippen LogP contribution in [0.15, 0.2) is 23.8 Å². The first-order valence-corrected chi connectivity index (χ1v) is 6.28. The highest BCUT2D eigenvalue weighted by Gasteiger charge is 2.16. The van der Waals surface area contributed by atoms with Gasteiger partial charge in [-0.3, -0.25) is 0 Å². The van der Waals surface area contributed by atoms with Crippen molar-refractivity contribution >= 4 is 0 Å². The lowest BCUT2D eigenvalue weighted by atomic mass is 9.85. The summed E-state index contributed by atoms with van der Waals surface area (Å²) < 4.78 is 5.56. The number of rotatable bonds is 3. The van der Waals surface area contributed by atoms with E-state index in [2.05, 4.69) is 44.3 Å². The lowest BCUT2D eigenvalue weighted by molar-refractivity contribution is 0.126. The van der Waals surface area contributed by atoms with Crippen molar-refractivity contribution in [3.05, 3.63) is 23.8 Å². The fraction of sp³-hybridized carbons (Fsp3) is 0.714. The van der Waals surface area contributed by atoms with Crippen molar-refractivity contribution in [3.8, 4) is 0 Å². The molecular weight excluding hydrogens is 198 g/mol. The molecule has 0 unspecified atom stereocenters. The van der Waals surface area contributed by atoms with Gasteiger partial charge in [0, 0.05) is 13.2 Å².